The van der Waals surface area contributed by atoms with Crippen molar-refractivity contribution in [2.75, 3.05) is 12.0 Å². The highest BCUT2D eigenvalue weighted by molar-refractivity contribution is 7.91. The molecule has 0 aliphatic heterocycles. The Morgan fingerprint density at radius 3 is 2.19 bits per heavy atom. The second-order valence-electron chi connectivity index (χ2n) is 6.32. The van der Waals surface area contributed by atoms with Crippen LogP contribution < -0.4 is 0 Å². The minimum Gasteiger partial charge on any atom is -0.508 e. The maximum atomic E-state index is 14.3. The van der Waals surface area contributed by atoms with Crippen molar-refractivity contribution < 1.29 is 30.7 Å². The molecule has 0 amide bonds. The summed E-state index contributed by atoms with van der Waals surface area (Å²) in [5, 5.41) is 7.97. The summed E-state index contributed by atoms with van der Waals surface area (Å²) in [6, 6.07) is 7.35. The van der Waals surface area contributed by atoms with Crippen LogP contribution >= 0.6 is 0 Å². The SMILES string of the molecule is CS(=O)(=O)CCCCC(c1cc(F)ccc1F)S(=O)(=O)c1ccc(O)cc1. The predicted molar refractivity (Wildman–Crippen MR) is 98.0 cm³/mol. The Balaban J connectivity index is 2.39. The van der Waals surface area contributed by atoms with E-state index in [1.165, 1.54) is 24.3 Å². The van der Waals surface area contributed by atoms with Crippen LogP contribution in [0.15, 0.2) is 47.4 Å². The summed E-state index contributed by atoms with van der Waals surface area (Å²) in [4.78, 5) is -0.142. The summed E-state index contributed by atoms with van der Waals surface area (Å²) < 4.78 is 76.4. The molecule has 0 fully saturated rings. The van der Waals surface area contributed by atoms with E-state index < -0.39 is 36.6 Å². The van der Waals surface area contributed by atoms with Gasteiger partial charge in [-0.3, -0.25) is 0 Å². The highest BCUT2D eigenvalue weighted by atomic mass is 32.2. The molecule has 0 spiro atoms. The van der Waals surface area contributed by atoms with Crippen LogP contribution in [0, 0.1) is 11.6 Å². The van der Waals surface area contributed by atoms with E-state index in [1.54, 1.807) is 0 Å². The number of unbranched alkanes of at least 4 members (excludes halogenated alkanes) is 1. The lowest BCUT2D eigenvalue weighted by Gasteiger charge is -2.19. The quantitative estimate of drug-likeness (QED) is 0.664. The Morgan fingerprint density at radius 1 is 0.963 bits per heavy atom. The molecule has 0 bridgehead atoms. The standard InChI is InChI=1S/C18H20F2O5S2/c1-26(22,23)11-3-2-4-18(16-12-13(19)5-10-17(16)20)27(24,25)15-8-6-14(21)7-9-15/h5-10,12,18,21H,2-4,11H2,1H3. The number of rotatable bonds is 8. The second-order valence-corrected chi connectivity index (χ2v) is 10.7. The van der Waals surface area contributed by atoms with Gasteiger partial charge in [-0.25, -0.2) is 25.6 Å². The number of hydrogen-bond donors (Lipinski definition) is 1. The molecule has 5 nitrogen and oxygen atoms in total. The van der Waals surface area contributed by atoms with Gasteiger partial charge in [-0.05, 0) is 55.3 Å². The van der Waals surface area contributed by atoms with Crippen molar-refractivity contribution in [2.45, 2.75) is 29.4 Å². The number of aromatic hydroxyl groups is 1. The third-order valence-electron chi connectivity index (χ3n) is 4.08. The number of phenols is 1. The van der Waals surface area contributed by atoms with Crippen LogP contribution in [0.5, 0.6) is 5.75 Å². The van der Waals surface area contributed by atoms with Crippen LogP contribution in [0.1, 0.15) is 30.1 Å². The molecule has 1 atom stereocenters. The molecule has 1 unspecified atom stereocenters. The fourth-order valence-electron chi connectivity index (χ4n) is 2.73. The van der Waals surface area contributed by atoms with Gasteiger partial charge in [-0.1, -0.05) is 6.42 Å². The lowest BCUT2D eigenvalue weighted by atomic mass is 10.1. The summed E-state index contributed by atoms with van der Waals surface area (Å²) in [7, 11) is -7.30. The van der Waals surface area contributed by atoms with Crippen LogP contribution in [0.25, 0.3) is 0 Å². The molecule has 0 aromatic heterocycles. The summed E-state index contributed by atoms with van der Waals surface area (Å²) >= 11 is 0. The van der Waals surface area contributed by atoms with Crippen molar-refractivity contribution in [2.24, 2.45) is 0 Å². The first-order valence-electron chi connectivity index (χ1n) is 8.16. The van der Waals surface area contributed by atoms with Crippen molar-refractivity contribution >= 4 is 19.7 Å². The molecule has 1 N–H and O–H groups in total. The van der Waals surface area contributed by atoms with Gasteiger partial charge in [-0.2, -0.15) is 0 Å². The lowest BCUT2D eigenvalue weighted by molar-refractivity contribution is 0.474. The number of phenolic OH excluding ortho intramolecular Hbond substituents is 1. The van der Waals surface area contributed by atoms with Crippen molar-refractivity contribution in [3.8, 4) is 5.75 Å². The molecular formula is C18H20F2O5S2. The molecule has 0 heterocycles. The zero-order valence-electron chi connectivity index (χ0n) is 14.6. The number of hydrogen-bond acceptors (Lipinski definition) is 5. The molecular weight excluding hydrogens is 398 g/mol. The zero-order chi connectivity index (χ0) is 20.2. The van der Waals surface area contributed by atoms with Crippen LogP contribution in [-0.2, 0) is 19.7 Å². The van der Waals surface area contributed by atoms with Crippen molar-refractivity contribution in [1.29, 1.82) is 0 Å². The third-order valence-corrected chi connectivity index (χ3v) is 7.27. The van der Waals surface area contributed by atoms with Gasteiger partial charge in [0.2, 0.25) is 0 Å². The first-order chi connectivity index (χ1) is 12.5. The molecule has 2 rings (SSSR count). The van der Waals surface area contributed by atoms with Crippen molar-refractivity contribution in [3.05, 3.63) is 59.7 Å². The summed E-state index contributed by atoms with van der Waals surface area (Å²) in [6.45, 7) is 0. The second kappa shape index (κ2) is 8.35. The average Bonchev–Trinajstić information content (AvgIpc) is 2.56. The molecule has 27 heavy (non-hydrogen) atoms. The molecule has 0 saturated heterocycles. The lowest BCUT2D eigenvalue weighted by Crippen LogP contribution is -2.16. The van der Waals surface area contributed by atoms with Gasteiger partial charge in [0.05, 0.1) is 10.1 Å². The van der Waals surface area contributed by atoms with E-state index in [-0.39, 0.29) is 41.2 Å². The number of benzene rings is 2. The van der Waals surface area contributed by atoms with Crippen molar-refractivity contribution in [3.63, 3.8) is 0 Å². The molecule has 9 heteroatoms. The number of halogens is 2. The Morgan fingerprint density at radius 2 is 1.59 bits per heavy atom. The van der Waals surface area contributed by atoms with E-state index in [1.807, 2.05) is 0 Å². The van der Waals surface area contributed by atoms with E-state index in [0.717, 1.165) is 24.5 Å². The summed E-state index contributed by atoms with van der Waals surface area (Å²) in [5.74, 6) is -1.87. The van der Waals surface area contributed by atoms with E-state index in [4.69, 9.17) is 0 Å². The Kier molecular flexibility index (Phi) is 6.59. The average molecular weight is 418 g/mol. The van der Waals surface area contributed by atoms with E-state index in [2.05, 4.69) is 0 Å². The Labute approximate surface area is 157 Å². The van der Waals surface area contributed by atoms with E-state index >= 15 is 0 Å². The molecule has 2 aromatic carbocycles. The van der Waals surface area contributed by atoms with Gasteiger partial charge >= 0.3 is 0 Å². The Bertz CT molecular complexity index is 1000. The van der Waals surface area contributed by atoms with E-state index in [9.17, 15) is 30.7 Å². The Hall–Kier alpha value is -2.00. The van der Waals surface area contributed by atoms with Gasteiger partial charge in [0.1, 0.15) is 27.2 Å². The monoisotopic (exact) mass is 418 g/mol. The fraction of sp³-hybridized carbons (Fsp3) is 0.333. The minimum absolute atomic E-state index is 0.0703. The molecule has 0 aliphatic rings. The maximum absolute atomic E-state index is 14.3. The van der Waals surface area contributed by atoms with Gasteiger partial charge in [0.15, 0.2) is 9.84 Å². The molecule has 148 valence electrons. The molecule has 2 aromatic rings. The highest BCUT2D eigenvalue weighted by Gasteiger charge is 2.31. The van der Waals surface area contributed by atoms with Crippen LogP contribution in [0.2, 0.25) is 0 Å². The van der Waals surface area contributed by atoms with Crippen molar-refractivity contribution in [1.82, 2.24) is 0 Å². The maximum Gasteiger partial charge on any atom is 0.185 e. The largest absolute Gasteiger partial charge is 0.508 e. The summed E-state index contributed by atoms with van der Waals surface area (Å²) in [6.07, 6.45) is 1.41. The van der Waals surface area contributed by atoms with Crippen LogP contribution in [0.4, 0.5) is 8.78 Å². The van der Waals surface area contributed by atoms with Gasteiger partial charge in [-0.15, -0.1) is 0 Å². The van der Waals surface area contributed by atoms with E-state index in [0.29, 0.717) is 0 Å². The zero-order valence-corrected chi connectivity index (χ0v) is 16.2. The van der Waals surface area contributed by atoms with Crippen LogP contribution in [-0.4, -0.2) is 34.0 Å². The predicted octanol–water partition coefficient (Wildman–Crippen LogP) is 3.40. The minimum atomic E-state index is -4.09. The third kappa shape index (κ3) is 5.74. The smallest absolute Gasteiger partial charge is 0.185 e. The van der Waals surface area contributed by atoms with Crippen LogP contribution in [0.3, 0.4) is 0 Å². The first-order valence-corrected chi connectivity index (χ1v) is 11.8. The van der Waals surface area contributed by atoms with Gasteiger partial charge < -0.3 is 5.11 Å². The normalized spacial score (nSPS) is 13.4. The first kappa shape index (κ1) is 21.3. The van der Waals surface area contributed by atoms with Gasteiger partial charge in [0, 0.05) is 17.6 Å². The fourth-order valence-corrected chi connectivity index (χ4v) is 5.30. The highest BCUT2D eigenvalue weighted by Crippen LogP contribution is 2.35. The molecule has 0 radical (unpaired) electrons. The topological polar surface area (TPSA) is 88.5 Å². The molecule has 0 aliphatic carbocycles. The number of sulfone groups is 2. The molecule has 0 saturated carbocycles. The summed E-state index contributed by atoms with van der Waals surface area (Å²) in [5.41, 5.74) is -0.303. The van der Waals surface area contributed by atoms with Gasteiger partial charge in [0.25, 0.3) is 0 Å².